The van der Waals surface area contributed by atoms with Crippen LogP contribution in [0.25, 0.3) is 11.1 Å². The van der Waals surface area contributed by atoms with Gasteiger partial charge in [-0.15, -0.1) is 0 Å². The third kappa shape index (κ3) is 5.14. The molecule has 3 aliphatic rings. The number of rotatable bonds is 5. The molecule has 1 aromatic heterocycles. The fraction of sp³-hybridized carbons (Fsp3) is 0.471. The van der Waals surface area contributed by atoms with Crippen molar-refractivity contribution in [3.63, 3.8) is 0 Å². The molecule has 2 aromatic carbocycles. The Labute approximate surface area is 232 Å². The summed E-state index contributed by atoms with van der Waals surface area (Å²) in [6.07, 6.45) is 9.84. The van der Waals surface area contributed by atoms with Crippen molar-refractivity contribution in [1.82, 2.24) is 14.8 Å². The summed E-state index contributed by atoms with van der Waals surface area (Å²) < 4.78 is 13.4. The van der Waals surface area contributed by atoms with Crippen LogP contribution in [0.1, 0.15) is 68.6 Å². The minimum atomic E-state index is -0.279. The second kappa shape index (κ2) is 10.8. The van der Waals surface area contributed by atoms with E-state index in [1.165, 1.54) is 22.3 Å². The Balaban J connectivity index is 1.13. The maximum atomic E-state index is 14.3. The molecule has 3 aromatic rings. The van der Waals surface area contributed by atoms with Crippen LogP contribution in [0, 0.1) is 17.2 Å². The molecule has 2 atom stereocenters. The summed E-state index contributed by atoms with van der Waals surface area (Å²) in [5.41, 5.74) is 5.97. The van der Waals surface area contributed by atoms with Crippen LogP contribution < -0.4 is 0 Å². The van der Waals surface area contributed by atoms with Crippen LogP contribution in [0.5, 0.6) is 0 Å². The molecular formula is C34H40FN3O. The summed E-state index contributed by atoms with van der Waals surface area (Å²) in [5, 5.41) is 0. The number of amides is 1. The normalized spacial score (nSPS) is 24.2. The maximum Gasteiger partial charge on any atom is 0.229 e. The highest BCUT2D eigenvalue weighted by molar-refractivity contribution is 5.84. The molecule has 0 bridgehead atoms. The number of fused-ring (bicyclic) bond motifs is 1. The monoisotopic (exact) mass is 525 g/mol. The molecule has 0 N–H and O–H groups in total. The fourth-order valence-corrected chi connectivity index (χ4v) is 7.43. The van der Waals surface area contributed by atoms with E-state index in [1.807, 2.05) is 36.7 Å². The van der Waals surface area contributed by atoms with Gasteiger partial charge in [-0.1, -0.05) is 38.1 Å². The minimum absolute atomic E-state index is 0.164. The average Bonchev–Trinajstić information content (AvgIpc) is 3.44. The molecule has 2 aliphatic heterocycles. The molecule has 0 spiro atoms. The molecule has 0 unspecified atom stereocenters. The van der Waals surface area contributed by atoms with Crippen molar-refractivity contribution in [2.75, 3.05) is 19.6 Å². The van der Waals surface area contributed by atoms with Gasteiger partial charge in [-0.25, -0.2) is 4.39 Å². The van der Waals surface area contributed by atoms with Gasteiger partial charge in [0.1, 0.15) is 5.82 Å². The van der Waals surface area contributed by atoms with Crippen LogP contribution in [0.3, 0.4) is 0 Å². The van der Waals surface area contributed by atoms with Crippen molar-refractivity contribution < 1.29 is 9.18 Å². The Morgan fingerprint density at radius 1 is 0.923 bits per heavy atom. The van der Waals surface area contributed by atoms with Crippen LogP contribution in [0.15, 0.2) is 67.0 Å². The Morgan fingerprint density at radius 3 is 2.38 bits per heavy atom. The lowest BCUT2D eigenvalue weighted by atomic mass is 9.73. The molecule has 5 heteroatoms. The Bertz CT molecular complexity index is 1300. The summed E-state index contributed by atoms with van der Waals surface area (Å²) in [6.45, 7) is 8.13. The van der Waals surface area contributed by atoms with E-state index < -0.39 is 0 Å². The van der Waals surface area contributed by atoms with Crippen molar-refractivity contribution in [3.8, 4) is 11.1 Å². The fourth-order valence-electron chi connectivity index (χ4n) is 7.43. The minimum Gasteiger partial charge on any atom is -0.338 e. The van der Waals surface area contributed by atoms with Gasteiger partial charge in [-0.3, -0.25) is 9.78 Å². The molecule has 204 valence electrons. The maximum absolute atomic E-state index is 14.3. The summed E-state index contributed by atoms with van der Waals surface area (Å²) in [7, 11) is 0. The van der Waals surface area contributed by atoms with E-state index in [4.69, 9.17) is 0 Å². The van der Waals surface area contributed by atoms with Gasteiger partial charge in [0.2, 0.25) is 5.91 Å². The van der Waals surface area contributed by atoms with E-state index in [-0.39, 0.29) is 11.2 Å². The quantitative estimate of drug-likeness (QED) is 0.366. The predicted molar refractivity (Wildman–Crippen MR) is 154 cm³/mol. The predicted octanol–water partition coefficient (Wildman–Crippen LogP) is 6.85. The second-order valence-electron chi connectivity index (χ2n) is 12.3. The lowest BCUT2D eigenvalue weighted by Crippen LogP contribution is -2.48. The van der Waals surface area contributed by atoms with Crippen LogP contribution in [-0.4, -0.2) is 46.4 Å². The van der Waals surface area contributed by atoms with Gasteiger partial charge in [0.05, 0.1) is 5.41 Å². The first-order valence-electron chi connectivity index (χ1n) is 14.7. The third-order valence-corrected chi connectivity index (χ3v) is 9.96. The molecule has 2 fully saturated rings. The van der Waals surface area contributed by atoms with Crippen molar-refractivity contribution in [3.05, 3.63) is 89.5 Å². The first-order chi connectivity index (χ1) is 18.9. The van der Waals surface area contributed by atoms with Gasteiger partial charge in [-0.2, -0.15) is 0 Å². The number of carbonyl (C=O) groups excluding carboxylic acids is 1. The van der Waals surface area contributed by atoms with Gasteiger partial charge in [0, 0.05) is 31.5 Å². The lowest BCUT2D eigenvalue weighted by Gasteiger charge is -2.41. The van der Waals surface area contributed by atoms with E-state index in [9.17, 15) is 9.18 Å². The molecule has 1 saturated heterocycles. The Morgan fingerprint density at radius 2 is 1.67 bits per heavy atom. The summed E-state index contributed by atoms with van der Waals surface area (Å²) in [5.74, 6) is 1.02. The van der Waals surface area contributed by atoms with E-state index in [1.54, 1.807) is 12.1 Å². The second-order valence-corrected chi connectivity index (χ2v) is 12.3. The van der Waals surface area contributed by atoms with E-state index >= 15 is 0 Å². The number of carbonyl (C=O) groups is 1. The van der Waals surface area contributed by atoms with E-state index in [0.29, 0.717) is 30.3 Å². The molecule has 0 radical (unpaired) electrons. The van der Waals surface area contributed by atoms with Crippen LogP contribution in [0.2, 0.25) is 0 Å². The summed E-state index contributed by atoms with van der Waals surface area (Å²) >= 11 is 0. The first-order valence-corrected chi connectivity index (χ1v) is 14.7. The van der Waals surface area contributed by atoms with Crippen molar-refractivity contribution in [2.45, 2.75) is 70.9 Å². The number of nitrogens with zero attached hydrogens (tertiary/aromatic N) is 3. The molecule has 6 rings (SSSR count). The average molecular weight is 526 g/mol. The van der Waals surface area contributed by atoms with Gasteiger partial charge in [0.15, 0.2) is 0 Å². The molecule has 3 heterocycles. The number of likely N-dealkylation sites (tertiary alicyclic amines) is 1. The summed E-state index contributed by atoms with van der Waals surface area (Å²) in [6, 6.07) is 18.3. The summed E-state index contributed by atoms with van der Waals surface area (Å²) in [4.78, 5) is 23.2. The first kappa shape index (κ1) is 26.2. The number of piperidine rings is 1. The number of hydrogen-bond acceptors (Lipinski definition) is 3. The highest BCUT2D eigenvalue weighted by Crippen LogP contribution is 2.48. The smallest absolute Gasteiger partial charge is 0.229 e. The zero-order valence-corrected chi connectivity index (χ0v) is 23.3. The SMILES string of the molecule is CC(C)[C@]1(C(=O)N2CCc3ccc(-c4ccncc4)cc3C2)CC[C@@H](N2CCC(c3ccc(F)cc3)CC2)C1. The number of pyridine rings is 1. The van der Waals surface area contributed by atoms with Gasteiger partial charge >= 0.3 is 0 Å². The third-order valence-electron chi connectivity index (χ3n) is 9.96. The number of halogens is 1. The van der Waals surface area contributed by atoms with E-state index in [0.717, 1.165) is 63.7 Å². The van der Waals surface area contributed by atoms with Crippen LogP contribution >= 0.6 is 0 Å². The van der Waals surface area contributed by atoms with Gasteiger partial charge < -0.3 is 9.80 Å². The van der Waals surface area contributed by atoms with Crippen molar-refractivity contribution in [2.24, 2.45) is 11.3 Å². The number of hydrogen-bond donors (Lipinski definition) is 0. The molecule has 1 saturated carbocycles. The highest BCUT2D eigenvalue weighted by atomic mass is 19.1. The zero-order valence-electron chi connectivity index (χ0n) is 23.3. The van der Waals surface area contributed by atoms with Crippen LogP contribution in [-0.2, 0) is 17.8 Å². The van der Waals surface area contributed by atoms with Crippen molar-refractivity contribution in [1.29, 1.82) is 0 Å². The van der Waals surface area contributed by atoms with Gasteiger partial charge in [0.25, 0.3) is 0 Å². The Kier molecular flexibility index (Phi) is 7.28. The van der Waals surface area contributed by atoms with Crippen molar-refractivity contribution >= 4 is 5.91 Å². The number of aromatic nitrogens is 1. The largest absolute Gasteiger partial charge is 0.338 e. The van der Waals surface area contributed by atoms with E-state index in [2.05, 4.69) is 46.8 Å². The number of benzene rings is 2. The molecule has 1 amide bonds. The standard InChI is InChI=1S/C34H40FN3O/c1-24(2)34(15-9-32(22-34)37-18-12-28(13-19-37)25-5-7-31(35)8-6-25)33(39)38-20-14-26-3-4-29(21-30(26)23-38)27-10-16-36-17-11-27/h3-8,10-11,16-17,21,24,28,32H,9,12-15,18-20,22-23H2,1-2H3/t32-,34+/m1/s1. The van der Waals surface area contributed by atoms with Gasteiger partial charge in [-0.05, 0) is 122 Å². The highest BCUT2D eigenvalue weighted by Gasteiger charge is 2.50. The zero-order chi connectivity index (χ0) is 27.0. The molecule has 1 aliphatic carbocycles. The Hall–Kier alpha value is -3.05. The van der Waals surface area contributed by atoms with Crippen LogP contribution in [0.4, 0.5) is 4.39 Å². The molecular weight excluding hydrogens is 485 g/mol. The lowest BCUT2D eigenvalue weighted by molar-refractivity contribution is -0.146. The molecule has 4 nitrogen and oxygen atoms in total. The topological polar surface area (TPSA) is 36.4 Å². The molecule has 39 heavy (non-hydrogen) atoms.